The first-order valence-electron chi connectivity index (χ1n) is 4.72. The van der Waals surface area contributed by atoms with Crippen LogP contribution in [0, 0.1) is 5.92 Å². The lowest BCUT2D eigenvalue weighted by Gasteiger charge is -2.29. The third kappa shape index (κ3) is 3.41. The van der Waals surface area contributed by atoms with E-state index in [9.17, 15) is 0 Å². The Balaban J connectivity index is 2.46. The highest BCUT2D eigenvalue weighted by molar-refractivity contribution is 7.80. The second kappa shape index (κ2) is 5.78. The maximum Gasteiger partial charge on any atom is 0.0785 e. The average molecular weight is 222 g/mol. The van der Waals surface area contributed by atoms with Crippen LogP contribution in [-0.2, 0) is 4.74 Å². The van der Waals surface area contributed by atoms with Crippen molar-refractivity contribution in [2.24, 2.45) is 11.7 Å². The Labute approximate surface area is 89.8 Å². The van der Waals surface area contributed by atoms with Crippen LogP contribution in [0.1, 0.15) is 25.7 Å². The molecule has 13 heavy (non-hydrogen) atoms. The van der Waals surface area contributed by atoms with Gasteiger partial charge in [-0.2, -0.15) is 0 Å². The van der Waals surface area contributed by atoms with Crippen molar-refractivity contribution in [1.82, 2.24) is 0 Å². The molecule has 1 heterocycles. The Morgan fingerprint density at radius 3 is 2.85 bits per heavy atom. The van der Waals surface area contributed by atoms with Crippen LogP contribution in [0.4, 0.5) is 0 Å². The molecule has 1 fully saturated rings. The van der Waals surface area contributed by atoms with Gasteiger partial charge in [0.25, 0.3) is 0 Å². The fraction of sp³-hybridized carbons (Fsp3) is 0.889. The maximum absolute atomic E-state index is 5.69. The molecule has 0 saturated carbocycles. The Morgan fingerprint density at radius 2 is 2.38 bits per heavy atom. The van der Waals surface area contributed by atoms with Crippen molar-refractivity contribution in [2.45, 2.75) is 31.8 Å². The first-order valence-corrected chi connectivity index (χ1v) is 5.67. The number of rotatable bonds is 4. The molecule has 2 N–H and O–H groups in total. The van der Waals surface area contributed by atoms with E-state index in [0.717, 1.165) is 25.9 Å². The van der Waals surface area contributed by atoms with E-state index in [-0.39, 0.29) is 12.0 Å². The number of alkyl halides is 1. The third-order valence-electron chi connectivity index (χ3n) is 2.45. The summed E-state index contributed by atoms with van der Waals surface area (Å²) in [6, 6.07) is 0. The van der Waals surface area contributed by atoms with Gasteiger partial charge in [-0.05, 0) is 25.7 Å². The number of ether oxygens (including phenoxy) is 1. The summed E-state index contributed by atoms with van der Waals surface area (Å²) in [7, 11) is 0. The first kappa shape index (κ1) is 11.2. The zero-order chi connectivity index (χ0) is 9.68. The first-order chi connectivity index (χ1) is 6.25. The largest absolute Gasteiger partial charge is 0.393 e. The van der Waals surface area contributed by atoms with Crippen LogP contribution in [0.3, 0.4) is 0 Å². The van der Waals surface area contributed by atoms with Crippen molar-refractivity contribution in [1.29, 1.82) is 0 Å². The molecule has 2 nitrogen and oxygen atoms in total. The molecule has 0 amide bonds. The Morgan fingerprint density at radius 1 is 1.62 bits per heavy atom. The van der Waals surface area contributed by atoms with E-state index >= 15 is 0 Å². The van der Waals surface area contributed by atoms with Crippen molar-refractivity contribution >= 4 is 28.8 Å². The van der Waals surface area contributed by atoms with Crippen molar-refractivity contribution in [2.75, 3.05) is 12.5 Å². The molecule has 0 aliphatic carbocycles. The molecule has 0 aromatic carbocycles. The summed E-state index contributed by atoms with van der Waals surface area (Å²) in [6.07, 6.45) is 4.48. The minimum absolute atomic E-state index is 0.174. The second-order valence-corrected chi connectivity index (χ2v) is 4.24. The fourth-order valence-electron chi connectivity index (χ4n) is 1.71. The number of nitrogens with two attached hydrogens (primary N) is 1. The molecule has 2 atom stereocenters. The molecule has 4 heteroatoms. The van der Waals surface area contributed by atoms with Crippen LogP contribution in [0.15, 0.2) is 0 Å². The molecular formula is C9H16ClNOS. The van der Waals surface area contributed by atoms with Gasteiger partial charge in [-0.15, -0.1) is 11.6 Å². The third-order valence-corrected chi connectivity index (χ3v) is 2.97. The summed E-state index contributed by atoms with van der Waals surface area (Å²) in [4.78, 5) is 0.549. The average Bonchev–Trinajstić information content (AvgIpc) is 2.15. The zero-order valence-electron chi connectivity index (χ0n) is 7.67. The smallest absolute Gasteiger partial charge is 0.0785 e. The lowest BCUT2D eigenvalue weighted by molar-refractivity contribution is -0.00457. The molecule has 1 aliphatic heterocycles. The highest BCUT2D eigenvalue weighted by Crippen LogP contribution is 2.23. The summed E-state index contributed by atoms with van der Waals surface area (Å²) in [6.45, 7) is 0.839. The van der Waals surface area contributed by atoms with E-state index in [4.69, 9.17) is 34.3 Å². The van der Waals surface area contributed by atoms with Crippen LogP contribution in [0.5, 0.6) is 0 Å². The maximum atomic E-state index is 5.69. The highest BCUT2D eigenvalue weighted by Gasteiger charge is 2.25. The number of thiocarbonyl (C=S) groups is 1. The SMILES string of the molecule is NC(=S)C(CCCl)C1CCCCO1. The van der Waals surface area contributed by atoms with Crippen LogP contribution < -0.4 is 5.73 Å². The van der Waals surface area contributed by atoms with Crippen LogP contribution in [-0.4, -0.2) is 23.6 Å². The summed E-state index contributed by atoms with van der Waals surface area (Å²) < 4.78 is 5.63. The Hall–Kier alpha value is 0.140. The van der Waals surface area contributed by atoms with Gasteiger partial charge in [0.15, 0.2) is 0 Å². The van der Waals surface area contributed by atoms with E-state index in [1.54, 1.807) is 0 Å². The minimum atomic E-state index is 0.174. The molecule has 1 rings (SSSR count). The predicted octanol–water partition coefficient (Wildman–Crippen LogP) is 2.09. The van der Waals surface area contributed by atoms with Crippen molar-refractivity contribution in [3.63, 3.8) is 0 Å². The summed E-state index contributed by atoms with van der Waals surface area (Å²) >= 11 is 10.7. The monoisotopic (exact) mass is 221 g/mol. The molecule has 76 valence electrons. The van der Waals surface area contributed by atoms with Gasteiger partial charge < -0.3 is 10.5 Å². The van der Waals surface area contributed by atoms with E-state index in [2.05, 4.69) is 0 Å². The summed E-state index contributed by atoms with van der Waals surface area (Å²) in [5.41, 5.74) is 5.65. The lowest BCUT2D eigenvalue weighted by Crippen LogP contribution is -2.36. The van der Waals surface area contributed by atoms with Crippen molar-refractivity contribution in [3.8, 4) is 0 Å². The molecule has 1 saturated heterocycles. The van der Waals surface area contributed by atoms with Crippen molar-refractivity contribution in [3.05, 3.63) is 0 Å². The van der Waals surface area contributed by atoms with E-state index < -0.39 is 0 Å². The van der Waals surface area contributed by atoms with E-state index in [0.29, 0.717) is 10.9 Å². The molecule has 2 unspecified atom stereocenters. The molecular weight excluding hydrogens is 206 g/mol. The van der Waals surface area contributed by atoms with E-state index in [1.165, 1.54) is 6.42 Å². The van der Waals surface area contributed by atoms with Gasteiger partial charge in [0.1, 0.15) is 0 Å². The normalized spacial score (nSPS) is 25.5. The van der Waals surface area contributed by atoms with Gasteiger partial charge in [0, 0.05) is 18.4 Å². The minimum Gasteiger partial charge on any atom is -0.393 e. The molecule has 0 bridgehead atoms. The van der Waals surface area contributed by atoms with Crippen molar-refractivity contribution < 1.29 is 4.74 Å². The lowest BCUT2D eigenvalue weighted by atomic mass is 9.93. The molecule has 0 spiro atoms. The Kier molecular flexibility index (Phi) is 4.99. The van der Waals surface area contributed by atoms with Crippen LogP contribution >= 0.6 is 23.8 Å². The summed E-state index contributed by atoms with van der Waals surface area (Å²) in [5, 5.41) is 0. The molecule has 0 radical (unpaired) electrons. The number of hydrogen-bond donors (Lipinski definition) is 1. The predicted molar refractivity (Wildman–Crippen MR) is 59.2 cm³/mol. The second-order valence-electron chi connectivity index (χ2n) is 3.39. The number of hydrogen-bond acceptors (Lipinski definition) is 2. The van der Waals surface area contributed by atoms with Gasteiger partial charge in [-0.3, -0.25) is 0 Å². The topological polar surface area (TPSA) is 35.2 Å². The van der Waals surface area contributed by atoms with Crippen LogP contribution in [0.25, 0.3) is 0 Å². The standard InChI is InChI=1S/C9H16ClNOS/c10-5-4-7(9(11)13)8-3-1-2-6-12-8/h7-8H,1-6H2,(H2,11,13). The molecule has 1 aliphatic rings. The van der Waals surface area contributed by atoms with Gasteiger partial charge >= 0.3 is 0 Å². The molecule has 0 aromatic rings. The summed E-state index contributed by atoms with van der Waals surface area (Å²) in [5.74, 6) is 0.773. The van der Waals surface area contributed by atoms with E-state index in [1.807, 2.05) is 0 Å². The fourth-order valence-corrected chi connectivity index (χ4v) is 2.22. The Bertz CT molecular complexity index is 171. The molecule has 0 aromatic heterocycles. The highest BCUT2D eigenvalue weighted by atomic mass is 35.5. The number of halogens is 1. The quantitative estimate of drug-likeness (QED) is 0.583. The van der Waals surface area contributed by atoms with Crippen LogP contribution in [0.2, 0.25) is 0 Å². The zero-order valence-corrected chi connectivity index (χ0v) is 9.24. The van der Waals surface area contributed by atoms with Gasteiger partial charge in [0.05, 0.1) is 11.1 Å². The van der Waals surface area contributed by atoms with Gasteiger partial charge in [-0.1, -0.05) is 12.2 Å². The van der Waals surface area contributed by atoms with Gasteiger partial charge in [0.2, 0.25) is 0 Å². The van der Waals surface area contributed by atoms with Gasteiger partial charge in [-0.25, -0.2) is 0 Å².